The summed E-state index contributed by atoms with van der Waals surface area (Å²) in [5.74, 6) is 0.885. The van der Waals surface area contributed by atoms with Gasteiger partial charge in [0, 0.05) is 38.1 Å². The Labute approximate surface area is 348 Å². The highest BCUT2D eigenvalue weighted by Crippen LogP contribution is 2.46. The van der Waals surface area contributed by atoms with Crippen LogP contribution in [0.1, 0.15) is 0 Å². The summed E-state index contributed by atoms with van der Waals surface area (Å²) < 4.78 is 2.33. The zero-order chi connectivity index (χ0) is 39.1. The van der Waals surface area contributed by atoms with Crippen molar-refractivity contribution in [2.24, 2.45) is 0 Å². The van der Waals surface area contributed by atoms with Crippen LogP contribution in [0.3, 0.4) is 0 Å². The third kappa shape index (κ3) is 6.33. The van der Waals surface area contributed by atoms with Crippen LogP contribution in [0.5, 0.6) is 0 Å². The highest BCUT2D eigenvalue weighted by Gasteiger charge is 2.28. The molecular formula is C54H38N4S. The number of benzene rings is 8. The fraction of sp³-hybridized carbons (Fsp3) is 0.0185. The van der Waals surface area contributed by atoms with Gasteiger partial charge in [-0.1, -0.05) is 151 Å². The lowest BCUT2D eigenvalue weighted by molar-refractivity contribution is 0.988. The van der Waals surface area contributed by atoms with Crippen LogP contribution < -0.4 is 9.80 Å². The van der Waals surface area contributed by atoms with Gasteiger partial charge in [-0.05, 0) is 106 Å². The summed E-state index contributed by atoms with van der Waals surface area (Å²) in [6, 6.07) is 76.2. The van der Waals surface area contributed by atoms with E-state index in [0.29, 0.717) is 0 Å². The van der Waals surface area contributed by atoms with Crippen molar-refractivity contribution in [1.82, 2.24) is 9.55 Å². The summed E-state index contributed by atoms with van der Waals surface area (Å²) in [7, 11) is 0. The third-order valence-corrected chi connectivity index (χ3v) is 12.3. The van der Waals surface area contributed by atoms with E-state index in [0.717, 1.165) is 29.1 Å². The molecule has 0 unspecified atom stereocenters. The van der Waals surface area contributed by atoms with E-state index in [1.165, 1.54) is 71.1 Å². The Kier molecular flexibility index (Phi) is 8.79. The normalized spacial score (nSPS) is 12.3. The maximum Gasteiger partial charge on any atom is 0.138 e. The summed E-state index contributed by atoms with van der Waals surface area (Å²) in [6.45, 7) is 0.748. The fourth-order valence-electron chi connectivity index (χ4n) is 8.65. The van der Waals surface area contributed by atoms with Gasteiger partial charge >= 0.3 is 0 Å². The van der Waals surface area contributed by atoms with Gasteiger partial charge in [0.2, 0.25) is 0 Å². The van der Waals surface area contributed by atoms with E-state index in [4.69, 9.17) is 4.98 Å². The predicted molar refractivity (Wildman–Crippen MR) is 247 cm³/mol. The minimum atomic E-state index is 0.748. The van der Waals surface area contributed by atoms with Crippen LogP contribution in [0.4, 0.5) is 22.7 Å². The van der Waals surface area contributed by atoms with Crippen LogP contribution in [0, 0.1) is 0 Å². The number of hydrogen-bond donors (Lipinski definition) is 0. The fourth-order valence-corrected chi connectivity index (χ4v) is 9.56. The number of rotatable bonds is 8. The van der Waals surface area contributed by atoms with Crippen LogP contribution in [0.2, 0.25) is 0 Å². The zero-order valence-corrected chi connectivity index (χ0v) is 33.0. The Hall–Kier alpha value is -7.34. The molecule has 10 aromatic rings. The number of anilines is 4. The third-order valence-electron chi connectivity index (χ3n) is 11.3. The van der Waals surface area contributed by atoms with E-state index < -0.39 is 0 Å². The molecule has 0 aliphatic carbocycles. The number of para-hydroxylation sites is 4. The largest absolute Gasteiger partial charge is 0.321 e. The predicted octanol–water partition coefficient (Wildman–Crippen LogP) is 14.6. The minimum Gasteiger partial charge on any atom is -0.321 e. The molecule has 280 valence electrons. The van der Waals surface area contributed by atoms with Gasteiger partial charge in [0.25, 0.3) is 0 Å². The molecule has 2 aromatic heterocycles. The van der Waals surface area contributed by atoms with Crippen molar-refractivity contribution in [3.8, 4) is 39.2 Å². The molecule has 8 aromatic carbocycles. The van der Waals surface area contributed by atoms with Crippen LogP contribution in [-0.2, 0) is 0 Å². The van der Waals surface area contributed by atoms with Crippen molar-refractivity contribution in [1.29, 1.82) is 0 Å². The summed E-state index contributed by atoms with van der Waals surface area (Å²) in [5.41, 5.74) is 14.1. The molecule has 5 heteroatoms. The van der Waals surface area contributed by atoms with Crippen molar-refractivity contribution < 1.29 is 0 Å². The molecule has 0 spiro atoms. The second-order valence-corrected chi connectivity index (χ2v) is 16.0. The second-order valence-electron chi connectivity index (χ2n) is 14.8. The topological polar surface area (TPSA) is 24.3 Å². The van der Waals surface area contributed by atoms with Crippen LogP contribution >= 0.6 is 11.8 Å². The Morgan fingerprint density at radius 1 is 0.407 bits per heavy atom. The molecular weight excluding hydrogens is 737 g/mol. The van der Waals surface area contributed by atoms with Gasteiger partial charge in [-0.25, -0.2) is 4.98 Å². The average Bonchev–Trinajstić information content (AvgIpc) is 3.86. The van der Waals surface area contributed by atoms with E-state index in [2.05, 4.69) is 227 Å². The van der Waals surface area contributed by atoms with Gasteiger partial charge in [0.1, 0.15) is 12.5 Å². The van der Waals surface area contributed by atoms with E-state index in [1.54, 1.807) is 11.8 Å². The first-order valence-electron chi connectivity index (χ1n) is 20.0. The molecule has 0 fully saturated rings. The molecule has 0 bridgehead atoms. The lowest BCUT2D eigenvalue weighted by atomic mass is 9.88. The van der Waals surface area contributed by atoms with Crippen LogP contribution in [0.15, 0.2) is 228 Å². The Morgan fingerprint density at radius 3 is 1.71 bits per heavy atom. The number of fused-ring (bicyclic) bond motifs is 4. The van der Waals surface area contributed by atoms with E-state index >= 15 is 0 Å². The maximum absolute atomic E-state index is 5.07. The van der Waals surface area contributed by atoms with E-state index in [1.807, 2.05) is 6.20 Å². The molecule has 1 aliphatic rings. The quantitative estimate of drug-likeness (QED) is 0.153. The van der Waals surface area contributed by atoms with Gasteiger partial charge in [0.15, 0.2) is 0 Å². The van der Waals surface area contributed by atoms with Crippen LogP contribution in [-0.4, -0.2) is 16.2 Å². The standard InChI is InChI=1S/C54H38N4S/c1-4-16-38(17-5-1)45-25-15-26-46(39-18-6-2-7-19-39)54(45)40-32-33-55-53(34-40)58-49-27-11-10-24-47(49)48-31-30-44(36-52(48)58)59-43-23-14-22-42(35-43)57-37-56(41-20-8-3-9-21-41)50-28-12-13-29-51(50)57/h1-36H,37H2. The molecule has 4 nitrogen and oxygen atoms in total. The molecule has 0 saturated carbocycles. The molecule has 0 radical (unpaired) electrons. The summed E-state index contributed by atoms with van der Waals surface area (Å²) in [5, 5.41) is 2.41. The van der Waals surface area contributed by atoms with E-state index in [9.17, 15) is 0 Å². The highest BCUT2D eigenvalue weighted by molar-refractivity contribution is 7.99. The van der Waals surface area contributed by atoms with Gasteiger partial charge in [-0.3, -0.25) is 4.57 Å². The number of pyridine rings is 1. The van der Waals surface area contributed by atoms with Crippen molar-refractivity contribution in [2.45, 2.75) is 9.79 Å². The number of nitrogens with zero attached hydrogens (tertiary/aromatic N) is 4. The summed E-state index contributed by atoms with van der Waals surface area (Å²) in [4.78, 5) is 12.2. The SMILES string of the molecule is c1ccc(-c2cccc(-c3ccccc3)c2-c2ccnc(-n3c4ccccc4c4ccc(Sc5cccc(N6CN(c7ccccc7)c7ccccc76)c5)cc43)c2)cc1. The second kappa shape index (κ2) is 14.9. The van der Waals surface area contributed by atoms with Crippen LogP contribution in [0.25, 0.3) is 61.0 Å². The Balaban J connectivity index is 0.994. The molecule has 0 saturated heterocycles. The molecule has 0 atom stereocenters. The van der Waals surface area contributed by atoms with Gasteiger partial charge in [-0.15, -0.1) is 0 Å². The van der Waals surface area contributed by atoms with Crippen molar-refractivity contribution in [3.05, 3.63) is 219 Å². The summed E-state index contributed by atoms with van der Waals surface area (Å²) >= 11 is 1.79. The molecule has 11 rings (SSSR count). The Morgan fingerprint density at radius 2 is 0.983 bits per heavy atom. The average molecular weight is 775 g/mol. The molecule has 59 heavy (non-hydrogen) atoms. The first kappa shape index (κ1) is 34.9. The van der Waals surface area contributed by atoms with Crippen molar-refractivity contribution in [2.75, 3.05) is 16.5 Å². The van der Waals surface area contributed by atoms with Gasteiger partial charge in [-0.2, -0.15) is 0 Å². The minimum absolute atomic E-state index is 0.748. The highest BCUT2D eigenvalue weighted by atomic mass is 32.2. The lowest BCUT2D eigenvalue weighted by Crippen LogP contribution is -2.23. The van der Waals surface area contributed by atoms with Gasteiger partial charge in [0.05, 0.1) is 22.4 Å². The first-order chi connectivity index (χ1) is 29.3. The monoisotopic (exact) mass is 774 g/mol. The maximum atomic E-state index is 5.07. The number of aromatic nitrogens is 2. The van der Waals surface area contributed by atoms with E-state index in [-0.39, 0.29) is 0 Å². The molecule has 3 heterocycles. The lowest BCUT2D eigenvalue weighted by Gasteiger charge is -2.22. The smallest absolute Gasteiger partial charge is 0.138 e. The Bertz CT molecular complexity index is 3060. The zero-order valence-electron chi connectivity index (χ0n) is 32.2. The van der Waals surface area contributed by atoms with Crippen molar-refractivity contribution in [3.63, 3.8) is 0 Å². The van der Waals surface area contributed by atoms with Crippen molar-refractivity contribution >= 4 is 56.3 Å². The molecule has 0 N–H and O–H groups in total. The first-order valence-corrected chi connectivity index (χ1v) is 20.8. The molecule has 1 aliphatic heterocycles. The molecule has 0 amide bonds. The number of hydrogen-bond acceptors (Lipinski definition) is 4. The van der Waals surface area contributed by atoms with Gasteiger partial charge < -0.3 is 9.80 Å². The summed E-state index contributed by atoms with van der Waals surface area (Å²) in [6.07, 6.45) is 1.96.